The van der Waals surface area contributed by atoms with Gasteiger partial charge in [-0.05, 0) is 42.5 Å². The second-order valence-corrected chi connectivity index (χ2v) is 5.81. The summed E-state index contributed by atoms with van der Waals surface area (Å²) in [6, 6.07) is 10.9. The van der Waals surface area contributed by atoms with Gasteiger partial charge in [0, 0.05) is 18.7 Å². The van der Waals surface area contributed by atoms with Crippen molar-refractivity contribution in [1.29, 1.82) is 0 Å². The Morgan fingerprint density at radius 3 is 2.28 bits per heavy atom. The van der Waals surface area contributed by atoms with Crippen LogP contribution in [0.4, 0.5) is 30.2 Å². The zero-order chi connectivity index (χ0) is 18.0. The van der Waals surface area contributed by atoms with Crippen LogP contribution in [0.15, 0.2) is 42.5 Å². The molecule has 1 aliphatic rings. The zero-order valence-corrected chi connectivity index (χ0v) is 13.3. The summed E-state index contributed by atoms with van der Waals surface area (Å²) in [6.07, 6.45) is -3.96. The SMILES string of the molecule is Nc1ccc(N2CCC(Oc3ccc(OC(F)(F)F)cc3)C2)cc1N. The molecule has 2 aromatic carbocycles. The van der Waals surface area contributed by atoms with Crippen molar-refractivity contribution < 1.29 is 22.6 Å². The highest BCUT2D eigenvalue weighted by molar-refractivity contribution is 5.70. The van der Waals surface area contributed by atoms with E-state index < -0.39 is 6.36 Å². The molecule has 0 spiro atoms. The van der Waals surface area contributed by atoms with Gasteiger partial charge in [0.15, 0.2) is 0 Å². The molecule has 1 fully saturated rings. The molecule has 0 amide bonds. The molecule has 1 heterocycles. The van der Waals surface area contributed by atoms with E-state index in [0.717, 1.165) is 18.7 Å². The van der Waals surface area contributed by atoms with Gasteiger partial charge in [-0.1, -0.05) is 0 Å². The fourth-order valence-electron chi connectivity index (χ4n) is 2.73. The normalized spacial score (nSPS) is 17.6. The van der Waals surface area contributed by atoms with E-state index in [4.69, 9.17) is 16.2 Å². The van der Waals surface area contributed by atoms with Crippen molar-refractivity contribution in [3.63, 3.8) is 0 Å². The quantitative estimate of drug-likeness (QED) is 0.824. The predicted octanol–water partition coefficient (Wildman–Crippen LogP) is 3.41. The van der Waals surface area contributed by atoms with Crippen molar-refractivity contribution in [2.24, 2.45) is 0 Å². The number of nitrogens with zero attached hydrogens (tertiary/aromatic N) is 1. The number of rotatable bonds is 4. The molecule has 3 rings (SSSR count). The van der Waals surface area contributed by atoms with Crippen molar-refractivity contribution >= 4 is 17.1 Å². The monoisotopic (exact) mass is 353 g/mol. The van der Waals surface area contributed by atoms with Crippen molar-refractivity contribution in [2.75, 3.05) is 29.5 Å². The van der Waals surface area contributed by atoms with Gasteiger partial charge < -0.3 is 25.8 Å². The summed E-state index contributed by atoms with van der Waals surface area (Å²) < 4.78 is 46.1. The third-order valence-electron chi connectivity index (χ3n) is 3.94. The summed E-state index contributed by atoms with van der Waals surface area (Å²) in [5.74, 6) is 0.225. The predicted molar refractivity (Wildman–Crippen MR) is 89.6 cm³/mol. The van der Waals surface area contributed by atoms with Crippen LogP contribution < -0.4 is 25.8 Å². The van der Waals surface area contributed by atoms with Crippen LogP contribution in [0.3, 0.4) is 0 Å². The number of benzene rings is 2. The van der Waals surface area contributed by atoms with E-state index in [0.29, 0.717) is 23.7 Å². The van der Waals surface area contributed by atoms with Crippen LogP contribution in [0.25, 0.3) is 0 Å². The first-order chi connectivity index (χ1) is 11.8. The third-order valence-corrected chi connectivity index (χ3v) is 3.94. The van der Waals surface area contributed by atoms with Crippen molar-refractivity contribution in [2.45, 2.75) is 18.9 Å². The first kappa shape index (κ1) is 17.1. The summed E-state index contributed by atoms with van der Waals surface area (Å²) in [7, 11) is 0. The molecule has 5 nitrogen and oxygen atoms in total. The largest absolute Gasteiger partial charge is 0.573 e. The lowest BCUT2D eigenvalue weighted by Gasteiger charge is -2.20. The van der Waals surface area contributed by atoms with Gasteiger partial charge in [0.05, 0.1) is 17.9 Å². The Bertz CT molecular complexity index is 735. The highest BCUT2D eigenvalue weighted by Gasteiger charge is 2.31. The minimum absolute atomic E-state index is 0.0619. The molecule has 1 unspecified atom stereocenters. The molecular formula is C17H18F3N3O2. The van der Waals surface area contributed by atoms with E-state index in [1.807, 2.05) is 12.1 Å². The van der Waals surface area contributed by atoms with Gasteiger partial charge >= 0.3 is 6.36 Å². The summed E-state index contributed by atoms with van der Waals surface area (Å²) >= 11 is 0. The second-order valence-electron chi connectivity index (χ2n) is 5.81. The van der Waals surface area contributed by atoms with Crippen LogP contribution in [0.1, 0.15) is 6.42 Å². The molecule has 4 N–H and O–H groups in total. The number of halogens is 3. The maximum Gasteiger partial charge on any atom is 0.573 e. The molecule has 134 valence electrons. The molecule has 25 heavy (non-hydrogen) atoms. The van der Waals surface area contributed by atoms with Gasteiger partial charge in [-0.3, -0.25) is 0 Å². The summed E-state index contributed by atoms with van der Waals surface area (Å²) in [6.45, 7) is 1.45. The molecule has 0 saturated carbocycles. The molecule has 2 aromatic rings. The van der Waals surface area contributed by atoms with Crippen LogP contribution >= 0.6 is 0 Å². The fraction of sp³-hybridized carbons (Fsp3) is 0.294. The third kappa shape index (κ3) is 4.40. The lowest BCUT2D eigenvalue weighted by Crippen LogP contribution is -2.24. The molecule has 0 bridgehead atoms. The maximum atomic E-state index is 12.2. The minimum atomic E-state index is -4.70. The Morgan fingerprint density at radius 2 is 1.64 bits per heavy atom. The second kappa shape index (κ2) is 6.62. The van der Waals surface area contributed by atoms with E-state index in [1.54, 1.807) is 6.07 Å². The number of ether oxygens (including phenoxy) is 2. The van der Waals surface area contributed by atoms with Crippen LogP contribution in [0.5, 0.6) is 11.5 Å². The fourth-order valence-corrected chi connectivity index (χ4v) is 2.73. The topological polar surface area (TPSA) is 73.7 Å². The first-order valence-electron chi connectivity index (χ1n) is 7.72. The molecule has 8 heteroatoms. The average molecular weight is 353 g/mol. The molecule has 0 radical (unpaired) electrons. The van der Waals surface area contributed by atoms with Gasteiger partial charge in [-0.15, -0.1) is 13.2 Å². The number of nitrogen functional groups attached to an aromatic ring is 2. The van der Waals surface area contributed by atoms with Gasteiger partial charge in [-0.2, -0.15) is 0 Å². The number of hydrogen-bond donors (Lipinski definition) is 2. The number of hydrogen-bond acceptors (Lipinski definition) is 5. The highest BCUT2D eigenvalue weighted by Crippen LogP contribution is 2.29. The Hall–Kier alpha value is -2.77. The highest BCUT2D eigenvalue weighted by atomic mass is 19.4. The van der Waals surface area contributed by atoms with Crippen molar-refractivity contribution in [1.82, 2.24) is 0 Å². The number of alkyl halides is 3. The Morgan fingerprint density at radius 1 is 0.960 bits per heavy atom. The van der Waals surface area contributed by atoms with Gasteiger partial charge in [0.25, 0.3) is 0 Å². The van der Waals surface area contributed by atoms with Crippen molar-refractivity contribution in [3.05, 3.63) is 42.5 Å². The summed E-state index contributed by atoms with van der Waals surface area (Å²) in [4.78, 5) is 2.13. The van der Waals surface area contributed by atoms with E-state index in [-0.39, 0.29) is 11.9 Å². The Kier molecular flexibility index (Phi) is 4.52. The minimum Gasteiger partial charge on any atom is -0.489 e. The van der Waals surface area contributed by atoms with E-state index in [2.05, 4.69) is 9.64 Å². The average Bonchev–Trinajstić information content (AvgIpc) is 2.99. The Labute approximate surface area is 142 Å². The lowest BCUT2D eigenvalue weighted by molar-refractivity contribution is -0.274. The molecule has 1 atom stereocenters. The van der Waals surface area contributed by atoms with Gasteiger partial charge in [-0.25, -0.2) is 0 Å². The zero-order valence-electron chi connectivity index (χ0n) is 13.3. The Balaban J connectivity index is 1.58. The first-order valence-corrected chi connectivity index (χ1v) is 7.72. The van der Waals surface area contributed by atoms with E-state index in [9.17, 15) is 13.2 Å². The summed E-state index contributed by atoms with van der Waals surface area (Å²) in [5.41, 5.74) is 13.6. The molecule has 1 saturated heterocycles. The number of anilines is 3. The standard InChI is InChI=1S/C17H18F3N3O2/c18-17(19,20)25-13-4-2-12(3-5-13)24-14-7-8-23(10-14)11-1-6-15(21)16(22)9-11/h1-6,9,14H,7-8,10,21-22H2. The van der Waals surface area contributed by atoms with Crippen LogP contribution in [0, 0.1) is 0 Å². The lowest BCUT2D eigenvalue weighted by atomic mass is 10.2. The van der Waals surface area contributed by atoms with E-state index in [1.165, 1.54) is 24.3 Å². The molecule has 0 aromatic heterocycles. The van der Waals surface area contributed by atoms with Crippen LogP contribution in [0.2, 0.25) is 0 Å². The van der Waals surface area contributed by atoms with Crippen LogP contribution in [-0.2, 0) is 0 Å². The summed E-state index contributed by atoms with van der Waals surface area (Å²) in [5, 5.41) is 0. The molecule has 0 aliphatic carbocycles. The van der Waals surface area contributed by atoms with Gasteiger partial charge in [0.2, 0.25) is 0 Å². The molecule has 1 aliphatic heterocycles. The van der Waals surface area contributed by atoms with Crippen molar-refractivity contribution in [3.8, 4) is 11.5 Å². The smallest absolute Gasteiger partial charge is 0.489 e. The van der Waals surface area contributed by atoms with Crippen LogP contribution in [-0.4, -0.2) is 25.6 Å². The maximum absolute atomic E-state index is 12.2. The molecular weight excluding hydrogens is 335 g/mol. The van der Waals surface area contributed by atoms with Gasteiger partial charge in [0.1, 0.15) is 17.6 Å². The van der Waals surface area contributed by atoms with E-state index >= 15 is 0 Å². The number of nitrogens with two attached hydrogens (primary N) is 2.